The zero-order valence-corrected chi connectivity index (χ0v) is 8.24. The van der Waals surface area contributed by atoms with E-state index >= 15 is 0 Å². The molecule has 0 radical (unpaired) electrons. The molecule has 0 fully saturated rings. The van der Waals surface area contributed by atoms with Crippen LogP contribution in [0, 0.1) is 6.92 Å². The second-order valence-corrected chi connectivity index (χ2v) is 3.25. The summed E-state index contributed by atoms with van der Waals surface area (Å²) in [5.74, 6) is -0.229. The lowest BCUT2D eigenvalue weighted by molar-refractivity contribution is -0.117. The molecular weight excluding hydrogens is 180 g/mol. The monoisotopic (exact) mass is 194 g/mol. The number of phenolic OH excluding ortho intramolecular Hbond substituents is 1. The lowest BCUT2D eigenvalue weighted by Gasteiger charge is -2.10. The van der Waals surface area contributed by atoms with Crippen molar-refractivity contribution in [1.82, 2.24) is 0 Å². The zero-order chi connectivity index (χ0) is 10.7. The maximum Gasteiger partial charge on any atom is 0.241 e. The summed E-state index contributed by atoms with van der Waals surface area (Å²) in [4.78, 5) is 11.2. The highest BCUT2D eigenvalue weighted by Crippen LogP contribution is 2.26. The Labute approximate surface area is 82.7 Å². The maximum absolute atomic E-state index is 11.2. The molecule has 1 aromatic rings. The number of para-hydroxylation sites is 1. The fraction of sp³-hybridized carbons (Fsp3) is 0.300. The number of anilines is 1. The van der Waals surface area contributed by atoms with E-state index in [0.29, 0.717) is 11.3 Å². The van der Waals surface area contributed by atoms with E-state index in [1.54, 1.807) is 32.0 Å². The van der Waals surface area contributed by atoms with Crippen molar-refractivity contribution in [3.05, 3.63) is 23.8 Å². The van der Waals surface area contributed by atoms with Crippen LogP contribution in [-0.2, 0) is 4.79 Å². The van der Waals surface area contributed by atoms with E-state index in [9.17, 15) is 9.90 Å². The highest BCUT2D eigenvalue weighted by Gasteiger charge is 2.10. The second kappa shape index (κ2) is 4.11. The van der Waals surface area contributed by atoms with Gasteiger partial charge in [-0.1, -0.05) is 12.1 Å². The number of amides is 1. The maximum atomic E-state index is 11.2. The molecule has 1 amide bonds. The van der Waals surface area contributed by atoms with Crippen LogP contribution in [0.4, 0.5) is 5.69 Å². The predicted octanol–water partition coefficient (Wildman–Crippen LogP) is 0.986. The fourth-order valence-corrected chi connectivity index (χ4v) is 1.01. The Morgan fingerprint density at radius 3 is 2.79 bits per heavy atom. The molecule has 0 saturated heterocycles. The number of aryl methyl sites for hydroxylation is 1. The van der Waals surface area contributed by atoms with Crippen LogP contribution < -0.4 is 11.1 Å². The Hall–Kier alpha value is -1.55. The molecule has 0 heterocycles. The van der Waals surface area contributed by atoms with Crippen LogP contribution in [-0.4, -0.2) is 17.1 Å². The first kappa shape index (κ1) is 10.5. The van der Waals surface area contributed by atoms with Crippen LogP contribution >= 0.6 is 0 Å². The third kappa shape index (κ3) is 2.23. The standard InChI is InChI=1S/C10H14N2O2/c1-6-4-3-5-8(9(6)13)12-10(14)7(2)11/h3-5,7,13H,11H2,1-2H3,(H,12,14)/t7-/m1/s1. The number of rotatable bonds is 2. The average molecular weight is 194 g/mol. The van der Waals surface area contributed by atoms with Crippen molar-refractivity contribution >= 4 is 11.6 Å². The number of nitrogens with one attached hydrogen (secondary N) is 1. The summed E-state index contributed by atoms with van der Waals surface area (Å²) in [6, 6.07) is 4.56. The third-order valence-corrected chi connectivity index (χ3v) is 1.91. The molecule has 0 aromatic heterocycles. The summed E-state index contributed by atoms with van der Waals surface area (Å²) >= 11 is 0. The molecule has 0 aliphatic carbocycles. The molecule has 0 saturated carbocycles. The van der Waals surface area contributed by atoms with Crippen LogP contribution in [0.3, 0.4) is 0 Å². The molecule has 4 nitrogen and oxygen atoms in total. The van der Waals surface area contributed by atoms with E-state index in [-0.39, 0.29) is 11.7 Å². The molecule has 0 bridgehead atoms. The number of phenols is 1. The van der Waals surface area contributed by atoms with Gasteiger partial charge >= 0.3 is 0 Å². The third-order valence-electron chi connectivity index (χ3n) is 1.91. The van der Waals surface area contributed by atoms with E-state index in [1.807, 2.05) is 0 Å². The normalized spacial score (nSPS) is 12.2. The minimum Gasteiger partial charge on any atom is -0.505 e. The molecule has 4 heteroatoms. The molecule has 0 unspecified atom stereocenters. The number of carbonyl (C=O) groups excluding carboxylic acids is 1. The van der Waals surface area contributed by atoms with Gasteiger partial charge in [0.2, 0.25) is 5.91 Å². The molecule has 76 valence electrons. The summed E-state index contributed by atoms with van der Waals surface area (Å²) in [5, 5.41) is 12.1. The highest BCUT2D eigenvalue weighted by molar-refractivity contribution is 5.95. The van der Waals surface area contributed by atoms with Gasteiger partial charge in [-0.2, -0.15) is 0 Å². The van der Waals surface area contributed by atoms with Gasteiger partial charge in [0.05, 0.1) is 11.7 Å². The molecule has 1 rings (SSSR count). The zero-order valence-electron chi connectivity index (χ0n) is 8.24. The minimum atomic E-state index is -0.588. The topological polar surface area (TPSA) is 75.4 Å². The number of carbonyl (C=O) groups is 1. The van der Waals surface area contributed by atoms with Crippen molar-refractivity contribution in [2.75, 3.05) is 5.32 Å². The van der Waals surface area contributed by atoms with Crippen LogP contribution in [0.5, 0.6) is 5.75 Å². The Bertz CT molecular complexity index is 348. The molecule has 0 aliphatic rings. The van der Waals surface area contributed by atoms with Crippen molar-refractivity contribution in [3.63, 3.8) is 0 Å². The van der Waals surface area contributed by atoms with Gasteiger partial charge in [0.25, 0.3) is 0 Å². The van der Waals surface area contributed by atoms with Gasteiger partial charge in [-0.05, 0) is 25.5 Å². The molecule has 1 aromatic carbocycles. The van der Waals surface area contributed by atoms with Gasteiger partial charge in [-0.15, -0.1) is 0 Å². The van der Waals surface area contributed by atoms with E-state index in [4.69, 9.17) is 5.73 Å². The lowest BCUT2D eigenvalue weighted by Crippen LogP contribution is -2.32. The number of hydrogen-bond acceptors (Lipinski definition) is 3. The van der Waals surface area contributed by atoms with Gasteiger partial charge < -0.3 is 16.2 Å². The summed E-state index contributed by atoms with van der Waals surface area (Å²) in [7, 11) is 0. The average Bonchev–Trinajstić information content (AvgIpc) is 2.12. The molecule has 0 spiro atoms. The van der Waals surface area contributed by atoms with Crippen molar-refractivity contribution in [3.8, 4) is 5.75 Å². The minimum absolute atomic E-state index is 0.0847. The summed E-state index contributed by atoms with van der Waals surface area (Å²) in [6.45, 7) is 3.35. The van der Waals surface area contributed by atoms with E-state index in [1.165, 1.54) is 0 Å². The lowest BCUT2D eigenvalue weighted by atomic mass is 10.2. The highest BCUT2D eigenvalue weighted by atomic mass is 16.3. The first-order valence-corrected chi connectivity index (χ1v) is 4.37. The van der Waals surface area contributed by atoms with E-state index in [2.05, 4.69) is 5.32 Å². The van der Waals surface area contributed by atoms with Crippen molar-refractivity contribution in [2.45, 2.75) is 19.9 Å². The van der Waals surface area contributed by atoms with Crippen LogP contribution in [0.25, 0.3) is 0 Å². The van der Waals surface area contributed by atoms with E-state index in [0.717, 1.165) is 0 Å². The van der Waals surface area contributed by atoms with Crippen molar-refractivity contribution in [2.24, 2.45) is 5.73 Å². The number of aromatic hydroxyl groups is 1. The Morgan fingerprint density at radius 2 is 2.21 bits per heavy atom. The second-order valence-electron chi connectivity index (χ2n) is 3.25. The molecule has 14 heavy (non-hydrogen) atoms. The van der Waals surface area contributed by atoms with Crippen LogP contribution in [0.2, 0.25) is 0 Å². The van der Waals surface area contributed by atoms with Gasteiger partial charge in [-0.25, -0.2) is 0 Å². The van der Waals surface area contributed by atoms with E-state index < -0.39 is 6.04 Å². The fourth-order valence-electron chi connectivity index (χ4n) is 1.01. The van der Waals surface area contributed by atoms with Crippen molar-refractivity contribution in [1.29, 1.82) is 0 Å². The first-order valence-electron chi connectivity index (χ1n) is 4.37. The van der Waals surface area contributed by atoms with Gasteiger partial charge in [0.1, 0.15) is 5.75 Å². The molecule has 1 atom stereocenters. The molecule has 4 N–H and O–H groups in total. The quantitative estimate of drug-likeness (QED) is 0.614. The molecule has 0 aliphatic heterocycles. The summed E-state index contributed by atoms with van der Waals surface area (Å²) in [6.07, 6.45) is 0. The predicted molar refractivity (Wildman–Crippen MR) is 55.1 cm³/mol. The largest absolute Gasteiger partial charge is 0.505 e. The Balaban J connectivity index is 2.87. The summed E-state index contributed by atoms with van der Waals surface area (Å²) in [5.41, 5.74) is 6.49. The first-order chi connectivity index (χ1) is 6.52. The number of benzene rings is 1. The SMILES string of the molecule is Cc1cccc(NC(=O)[C@@H](C)N)c1O. The smallest absolute Gasteiger partial charge is 0.241 e. The Kier molecular flexibility index (Phi) is 3.09. The molecular formula is C10H14N2O2. The van der Waals surface area contributed by atoms with Gasteiger partial charge in [0, 0.05) is 0 Å². The van der Waals surface area contributed by atoms with Crippen LogP contribution in [0.1, 0.15) is 12.5 Å². The van der Waals surface area contributed by atoms with Gasteiger partial charge in [-0.3, -0.25) is 4.79 Å². The Morgan fingerprint density at radius 1 is 1.57 bits per heavy atom. The van der Waals surface area contributed by atoms with Crippen molar-refractivity contribution < 1.29 is 9.90 Å². The number of hydrogen-bond donors (Lipinski definition) is 3. The summed E-state index contributed by atoms with van der Waals surface area (Å²) < 4.78 is 0. The number of nitrogens with two attached hydrogens (primary N) is 1. The van der Waals surface area contributed by atoms with Crippen LogP contribution in [0.15, 0.2) is 18.2 Å². The van der Waals surface area contributed by atoms with Gasteiger partial charge in [0.15, 0.2) is 0 Å².